The molecule has 76 valence electrons. The number of fused-ring (bicyclic) bond motifs is 1. The van der Waals surface area contributed by atoms with Crippen LogP contribution in [-0.2, 0) is 0 Å². The van der Waals surface area contributed by atoms with Crippen molar-refractivity contribution in [1.29, 1.82) is 0 Å². The lowest BCUT2D eigenvalue weighted by atomic mass is 10.2. The second-order valence-electron chi connectivity index (χ2n) is 2.90. The summed E-state index contributed by atoms with van der Waals surface area (Å²) in [7, 11) is 0. The van der Waals surface area contributed by atoms with Gasteiger partial charge in [0, 0.05) is 22.4 Å². The molecule has 1 nitrogen and oxygen atoms in total. The van der Waals surface area contributed by atoms with Crippen LogP contribution in [-0.4, -0.2) is 10.3 Å². The molecule has 14 heavy (non-hydrogen) atoms. The molecule has 1 heterocycles. The minimum absolute atomic E-state index is 0.188. The van der Waals surface area contributed by atoms with Gasteiger partial charge in [-0.3, -0.25) is 0 Å². The van der Waals surface area contributed by atoms with E-state index in [0.717, 1.165) is 16.2 Å². The number of hydrogen-bond donors (Lipinski definition) is 1. The molecule has 0 aliphatic carbocycles. The minimum atomic E-state index is -0.188. The first-order valence-corrected chi connectivity index (χ1v) is 5.68. The van der Waals surface area contributed by atoms with Gasteiger partial charge in [-0.2, -0.15) is 0 Å². The third-order valence-electron chi connectivity index (χ3n) is 1.70. The number of rotatable bonds is 1. The topological polar surface area (TPSA) is 15.8 Å². The maximum absolute atomic E-state index is 12.5. The molecule has 0 bridgehead atoms. The standard InChI is InChI=1S/C8H6FN.C3H7Br/c9-7-1-2-8-6(5-7)3-4-10-8;1-2-3-4/h1-5,10H;2-3H2,1H3. The van der Waals surface area contributed by atoms with E-state index in [1.54, 1.807) is 12.3 Å². The Morgan fingerprint density at radius 3 is 2.71 bits per heavy atom. The zero-order valence-corrected chi connectivity index (χ0v) is 9.64. The summed E-state index contributed by atoms with van der Waals surface area (Å²) in [6, 6.07) is 6.52. The van der Waals surface area contributed by atoms with Crippen molar-refractivity contribution in [3.8, 4) is 0 Å². The van der Waals surface area contributed by atoms with Gasteiger partial charge in [0.05, 0.1) is 0 Å². The van der Waals surface area contributed by atoms with Crippen molar-refractivity contribution >= 4 is 26.8 Å². The third-order valence-corrected chi connectivity index (χ3v) is 2.50. The van der Waals surface area contributed by atoms with Gasteiger partial charge in [-0.05, 0) is 30.7 Å². The number of H-pyrrole nitrogens is 1. The summed E-state index contributed by atoms with van der Waals surface area (Å²) in [5, 5.41) is 2.05. The number of halogens is 2. The fourth-order valence-corrected chi connectivity index (χ4v) is 1.02. The van der Waals surface area contributed by atoms with Gasteiger partial charge in [0.1, 0.15) is 5.82 Å². The number of aromatic nitrogens is 1. The van der Waals surface area contributed by atoms with Gasteiger partial charge in [-0.1, -0.05) is 22.9 Å². The highest BCUT2D eigenvalue weighted by molar-refractivity contribution is 9.09. The van der Waals surface area contributed by atoms with Gasteiger partial charge < -0.3 is 4.98 Å². The molecule has 1 aromatic carbocycles. The van der Waals surface area contributed by atoms with Crippen molar-refractivity contribution in [3.05, 3.63) is 36.3 Å². The lowest BCUT2D eigenvalue weighted by Crippen LogP contribution is -1.70. The van der Waals surface area contributed by atoms with Crippen LogP contribution in [0.5, 0.6) is 0 Å². The average Bonchev–Trinajstić information content (AvgIpc) is 2.65. The molecule has 0 saturated heterocycles. The van der Waals surface area contributed by atoms with Crippen LogP contribution in [0.25, 0.3) is 10.9 Å². The van der Waals surface area contributed by atoms with Crippen molar-refractivity contribution in [2.45, 2.75) is 13.3 Å². The summed E-state index contributed by atoms with van der Waals surface area (Å²) in [6.07, 6.45) is 3.03. The Balaban J connectivity index is 0.000000213. The van der Waals surface area contributed by atoms with Crippen molar-refractivity contribution in [1.82, 2.24) is 4.98 Å². The monoisotopic (exact) mass is 257 g/mol. The van der Waals surface area contributed by atoms with E-state index >= 15 is 0 Å². The summed E-state index contributed by atoms with van der Waals surface area (Å²) in [5.74, 6) is -0.188. The molecule has 0 amide bonds. The second kappa shape index (κ2) is 5.81. The van der Waals surface area contributed by atoms with Gasteiger partial charge in [0.2, 0.25) is 0 Å². The fourth-order valence-electron chi connectivity index (χ4n) is 1.02. The summed E-state index contributed by atoms with van der Waals surface area (Å²) in [6.45, 7) is 2.13. The molecular weight excluding hydrogens is 245 g/mol. The molecule has 3 heteroatoms. The van der Waals surface area contributed by atoms with Crippen LogP contribution in [0.15, 0.2) is 30.5 Å². The van der Waals surface area contributed by atoms with Crippen molar-refractivity contribution in [3.63, 3.8) is 0 Å². The smallest absolute Gasteiger partial charge is 0.123 e. The van der Waals surface area contributed by atoms with E-state index < -0.39 is 0 Å². The highest BCUT2D eigenvalue weighted by Crippen LogP contribution is 2.12. The fraction of sp³-hybridized carbons (Fsp3) is 0.273. The van der Waals surface area contributed by atoms with Crippen LogP contribution in [0.3, 0.4) is 0 Å². The molecule has 0 atom stereocenters. The molecule has 0 saturated carbocycles. The number of benzene rings is 1. The lowest BCUT2D eigenvalue weighted by molar-refractivity contribution is 0.630. The zero-order chi connectivity index (χ0) is 10.4. The molecule has 0 unspecified atom stereocenters. The van der Waals surface area contributed by atoms with E-state index in [1.165, 1.54) is 18.6 Å². The number of aromatic amines is 1. The predicted molar refractivity (Wildman–Crippen MR) is 62.3 cm³/mol. The first-order valence-electron chi connectivity index (χ1n) is 4.56. The van der Waals surface area contributed by atoms with Crippen LogP contribution in [0.4, 0.5) is 4.39 Å². The van der Waals surface area contributed by atoms with Crippen LogP contribution in [0.1, 0.15) is 13.3 Å². The van der Waals surface area contributed by atoms with Crippen LogP contribution >= 0.6 is 15.9 Å². The first kappa shape index (κ1) is 11.2. The Morgan fingerprint density at radius 2 is 2.07 bits per heavy atom. The molecule has 0 aliphatic rings. The van der Waals surface area contributed by atoms with Crippen LogP contribution < -0.4 is 0 Å². The maximum Gasteiger partial charge on any atom is 0.123 e. The molecule has 0 fully saturated rings. The van der Waals surface area contributed by atoms with E-state index in [0.29, 0.717) is 0 Å². The molecule has 1 aromatic heterocycles. The van der Waals surface area contributed by atoms with Gasteiger partial charge in [-0.25, -0.2) is 4.39 Å². The van der Waals surface area contributed by atoms with Gasteiger partial charge >= 0.3 is 0 Å². The van der Waals surface area contributed by atoms with Crippen molar-refractivity contribution in [2.24, 2.45) is 0 Å². The average molecular weight is 258 g/mol. The van der Waals surface area contributed by atoms with E-state index in [4.69, 9.17) is 0 Å². The predicted octanol–water partition coefficient (Wildman–Crippen LogP) is 4.10. The summed E-state index contributed by atoms with van der Waals surface area (Å²) in [4.78, 5) is 2.98. The Hall–Kier alpha value is -0.830. The number of alkyl halides is 1. The van der Waals surface area contributed by atoms with Crippen LogP contribution in [0, 0.1) is 5.82 Å². The molecule has 2 rings (SSSR count). The number of hydrogen-bond acceptors (Lipinski definition) is 0. The van der Waals surface area contributed by atoms with Gasteiger partial charge in [-0.15, -0.1) is 0 Å². The van der Waals surface area contributed by atoms with E-state index in [-0.39, 0.29) is 5.82 Å². The van der Waals surface area contributed by atoms with Crippen molar-refractivity contribution in [2.75, 3.05) is 5.33 Å². The Kier molecular flexibility index (Phi) is 4.66. The summed E-state index contributed by atoms with van der Waals surface area (Å²) >= 11 is 3.25. The SMILES string of the molecule is CCCBr.Fc1ccc2[nH]ccc2c1. The lowest BCUT2D eigenvalue weighted by Gasteiger charge is -1.87. The molecule has 1 N–H and O–H groups in total. The molecule has 2 aromatic rings. The Morgan fingerprint density at radius 1 is 1.36 bits per heavy atom. The summed E-state index contributed by atoms with van der Waals surface area (Å²) < 4.78 is 12.5. The molecule has 0 spiro atoms. The van der Waals surface area contributed by atoms with Crippen LogP contribution in [0.2, 0.25) is 0 Å². The van der Waals surface area contributed by atoms with E-state index in [9.17, 15) is 4.39 Å². The van der Waals surface area contributed by atoms with E-state index in [2.05, 4.69) is 27.8 Å². The second-order valence-corrected chi connectivity index (χ2v) is 3.69. The quantitative estimate of drug-likeness (QED) is 0.741. The van der Waals surface area contributed by atoms with E-state index in [1.807, 2.05) is 6.07 Å². The highest BCUT2D eigenvalue weighted by atomic mass is 79.9. The van der Waals surface area contributed by atoms with Gasteiger partial charge in [0.25, 0.3) is 0 Å². The number of nitrogens with one attached hydrogen (secondary N) is 1. The minimum Gasteiger partial charge on any atom is -0.361 e. The molecule has 0 aliphatic heterocycles. The van der Waals surface area contributed by atoms with Gasteiger partial charge in [0.15, 0.2) is 0 Å². The summed E-state index contributed by atoms with van der Waals surface area (Å²) in [5.41, 5.74) is 0.974. The Bertz CT molecular complexity index is 381. The highest BCUT2D eigenvalue weighted by Gasteiger charge is 1.93. The maximum atomic E-state index is 12.5. The first-order chi connectivity index (χ1) is 6.77. The molecule has 0 radical (unpaired) electrons. The normalized spacial score (nSPS) is 9.64. The van der Waals surface area contributed by atoms with Crippen molar-refractivity contribution < 1.29 is 4.39 Å². The zero-order valence-electron chi connectivity index (χ0n) is 8.06. The third kappa shape index (κ3) is 3.14. The Labute approximate surface area is 91.5 Å². The molecular formula is C11H13BrFN. The largest absolute Gasteiger partial charge is 0.361 e.